The van der Waals surface area contributed by atoms with E-state index in [4.69, 9.17) is 16.3 Å². The molecule has 0 saturated carbocycles. The average Bonchev–Trinajstić information content (AvgIpc) is 2.77. The molecule has 7 nitrogen and oxygen atoms in total. The number of hydrogen-bond donors (Lipinski definition) is 2. The van der Waals surface area contributed by atoms with Crippen LogP contribution in [0.2, 0.25) is 5.02 Å². The molecule has 2 amide bonds. The molecule has 0 radical (unpaired) electrons. The van der Waals surface area contributed by atoms with Crippen LogP contribution < -0.4 is 15.5 Å². The maximum Gasteiger partial charge on any atom is 0.313 e. The minimum absolute atomic E-state index is 0.0511. The molecule has 166 valence electrons. The number of amides is 2. The van der Waals surface area contributed by atoms with E-state index < -0.39 is 11.8 Å². The third kappa shape index (κ3) is 6.19. The van der Waals surface area contributed by atoms with Crippen molar-refractivity contribution in [2.45, 2.75) is 13.0 Å². The molecular formula is C23H29ClN4O3. The second kappa shape index (κ2) is 10.6. The monoisotopic (exact) mass is 444 g/mol. The molecule has 1 aliphatic rings. The van der Waals surface area contributed by atoms with Crippen LogP contribution in [0.25, 0.3) is 0 Å². The first kappa shape index (κ1) is 23.1. The standard InChI is InChI=1S/C23H29ClN4O3/c1-16-4-7-18(24)14-20(16)26-23(30)22(29)25-15-21(28-10-12-31-13-11-28)17-5-8-19(9-6-17)27(2)3/h4-9,14,21H,10-13,15H2,1-3H3,(H,25,29)(H,26,30)/t21-/m1/s1. The Bertz CT molecular complexity index is 912. The van der Waals surface area contributed by atoms with E-state index in [0.717, 1.165) is 29.9 Å². The predicted octanol–water partition coefficient (Wildman–Crippen LogP) is 2.84. The first-order valence-electron chi connectivity index (χ1n) is 10.3. The van der Waals surface area contributed by atoms with Crippen molar-refractivity contribution in [3.63, 3.8) is 0 Å². The van der Waals surface area contributed by atoms with E-state index in [1.807, 2.05) is 25.9 Å². The molecule has 0 aromatic heterocycles. The van der Waals surface area contributed by atoms with Crippen molar-refractivity contribution in [1.29, 1.82) is 0 Å². The van der Waals surface area contributed by atoms with Crippen LogP contribution in [-0.4, -0.2) is 63.7 Å². The lowest BCUT2D eigenvalue weighted by Gasteiger charge is -2.35. The number of anilines is 2. The zero-order chi connectivity index (χ0) is 22.4. The van der Waals surface area contributed by atoms with Gasteiger partial charge in [0.1, 0.15) is 0 Å². The van der Waals surface area contributed by atoms with Gasteiger partial charge in [0.25, 0.3) is 0 Å². The van der Waals surface area contributed by atoms with Gasteiger partial charge < -0.3 is 20.3 Å². The number of ether oxygens (including phenoxy) is 1. The normalized spacial score (nSPS) is 15.2. The van der Waals surface area contributed by atoms with Crippen molar-refractivity contribution in [3.8, 4) is 0 Å². The van der Waals surface area contributed by atoms with Crippen LogP contribution in [0.5, 0.6) is 0 Å². The Balaban J connectivity index is 1.68. The summed E-state index contributed by atoms with van der Waals surface area (Å²) in [4.78, 5) is 29.2. The Kier molecular flexibility index (Phi) is 7.90. The lowest BCUT2D eigenvalue weighted by atomic mass is 10.0. The van der Waals surface area contributed by atoms with E-state index in [9.17, 15) is 9.59 Å². The zero-order valence-corrected chi connectivity index (χ0v) is 18.9. The van der Waals surface area contributed by atoms with Crippen molar-refractivity contribution < 1.29 is 14.3 Å². The lowest BCUT2D eigenvalue weighted by Crippen LogP contribution is -2.45. The van der Waals surface area contributed by atoms with Crippen LogP contribution in [0.1, 0.15) is 17.2 Å². The van der Waals surface area contributed by atoms with Crippen molar-refractivity contribution in [1.82, 2.24) is 10.2 Å². The molecule has 2 N–H and O–H groups in total. The SMILES string of the molecule is Cc1ccc(Cl)cc1NC(=O)C(=O)NC[C@H](c1ccc(N(C)C)cc1)N1CCOCC1. The molecule has 31 heavy (non-hydrogen) atoms. The van der Waals surface area contributed by atoms with Gasteiger partial charge in [-0.15, -0.1) is 0 Å². The number of benzene rings is 2. The third-order valence-corrected chi connectivity index (χ3v) is 5.63. The molecule has 0 spiro atoms. The summed E-state index contributed by atoms with van der Waals surface area (Å²) in [6.45, 7) is 5.00. The highest BCUT2D eigenvalue weighted by molar-refractivity contribution is 6.40. The molecule has 2 aromatic rings. The Hall–Kier alpha value is -2.61. The number of carbonyl (C=O) groups excluding carboxylic acids is 2. The number of hydrogen-bond acceptors (Lipinski definition) is 5. The third-order valence-electron chi connectivity index (χ3n) is 5.39. The summed E-state index contributed by atoms with van der Waals surface area (Å²) in [5, 5.41) is 5.93. The fourth-order valence-corrected chi connectivity index (χ4v) is 3.69. The quantitative estimate of drug-likeness (QED) is 0.670. The Morgan fingerprint density at radius 3 is 2.42 bits per heavy atom. The van der Waals surface area contributed by atoms with Gasteiger partial charge in [-0.2, -0.15) is 0 Å². The second-order valence-corrected chi connectivity index (χ2v) is 8.21. The van der Waals surface area contributed by atoms with E-state index in [1.165, 1.54) is 0 Å². The summed E-state index contributed by atoms with van der Waals surface area (Å²) >= 11 is 6.00. The minimum Gasteiger partial charge on any atom is -0.379 e. The molecule has 2 aromatic carbocycles. The molecule has 1 aliphatic heterocycles. The van der Waals surface area contributed by atoms with Crippen LogP contribution in [-0.2, 0) is 14.3 Å². The Labute approximate surface area is 188 Å². The number of morpholine rings is 1. The van der Waals surface area contributed by atoms with Crippen LogP contribution >= 0.6 is 11.6 Å². The van der Waals surface area contributed by atoms with Gasteiger partial charge in [0, 0.05) is 50.1 Å². The van der Waals surface area contributed by atoms with E-state index >= 15 is 0 Å². The molecule has 1 heterocycles. The second-order valence-electron chi connectivity index (χ2n) is 7.77. The summed E-state index contributed by atoms with van der Waals surface area (Å²) in [5.41, 5.74) is 3.54. The first-order chi connectivity index (χ1) is 14.8. The van der Waals surface area contributed by atoms with Gasteiger partial charge in [0.05, 0.1) is 19.3 Å². The first-order valence-corrected chi connectivity index (χ1v) is 10.7. The number of nitrogens with zero attached hydrogens (tertiary/aromatic N) is 2. The zero-order valence-electron chi connectivity index (χ0n) is 18.2. The molecule has 0 unspecified atom stereocenters. The fourth-order valence-electron chi connectivity index (χ4n) is 3.52. The van der Waals surface area contributed by atoms with Gasteiger partial charge in [-0.1, -0.05) is 29.8 Å². The largest absolute Gasteiger partial charge is 0.379 e. The number of rotatable bonds is 6. The van der Waals surface area contributed by atoms with E-state index in [-0.39, 0.29) is 6.04 Å². The van der Waals surface area contributed by atoms with Crippen LogP contribution in [0.3, 0.4) is 0 Å². The molecule has 1 atom stereocenters. The van der Waals surface area contributed by atoms with Crippen LogP contribution in [0.15, 0.2) is 42.5 Å². The highest BCUT2D eigenvalue weighted by Gasteiger charge is 2.25. The number of aryl methyl sites for hydroxylation is 1. The maximum absolute atomic E-state index is 12.5. The van der Waals surface area contributed by atoms with E-state index in [1.54, 1.807) is 18.2 Å². The molecule has 1 fully saturated rings. The molecule has 0 bridgehead atoms. The highest BCUT2D eigenvalue weighted by Crippen LogP contribution is 2.24. The van der Waals surface area contributed by atoms with Gasteiger partial charge in [-0.3, -0.25) is 14.5 Å². The predicted molar refractivity (Wildman–Crippen MR) is 124 cm³/mol. The topological polar surface area (TPSA) is 73.9 Å². The fraction of sp³-hybridized carbons (Fsp3) is 0.391. The molecule has 8 heteroatoms. The molecule has 3 rings (SSSR count). The lowest BCUT2D eigenvalue weighted by molar-refractivity contribution is -0.136. The molecule has 1 saturated heterocycles. The number of halogens is 1. The Morgan fingerprint density at radius 1 is 1.10 bits per heavy atom. The van der Waals surface area contributed by atoms with Crippen molar-refractivity contribution >= 4 is 34.8 Å². The Morgan fingerprint density at radius 2 is 1.77 bits per heavy atom. The van der Waals surface area contributed by atoms with Gasteiger partial charge in [-0.25, -0.2) is 0 Å². The smallest absolute Gasteiger partial charge is 0.313 e. The molecule has 0 aliphatic carbocycles. The van der Waals surface area contributed by atoms with Crippen molar-refractivity contribution in [3.05, 3.63) is 58.6 Å². The van der Waals surface area contributed by atoms with Crippen molar-refractivity contribution in [2.75, 3.05) is 57.2 Å². The van der Waals surface area contributed by atoms with Crippen molar-refractivity contribution in [2.24, 2.45) is 0 Å². The minimum atomic E-state index is -0.714. The molecular weight excluding hydrogens is 416 g/mol. The maximum atomic E-state index is 12.5. The van der Waals surface area contributed by atoms with Gasteiger partial charge in [0.2, 0.25) is 0 Å². The summed E-state index contributed by atoms with van der Waals surface area (Å²) < 4.78 is 5.48. The van der Waals surface area contributed by atoms with Gasteiger partial charge >= 0.3 is 11.8 Å². The van der Waals surface area contributed by atoms with Gasteiger partial charge in [-0.05, 0) is 42.3 Å². The van der Waals surface area contributed by atoms with Gasteiger partial charge in [0.15, 0.2) is 0 Å². The van der Waals surface area contributed by atoms with E-state index in [0.29, 0.717) is 30.5 Å². The summed E-state index contributed by atoms with van der Waals surface area (Å²) in [6.07, 6.45) is 0. The van der Waals surface area contributed by atoms with Crippen LogP contribution in [0, 0.1) is 6.92 Å². The number of carbonyl (C=O) groups is 2. The summed E-state index contributed by atoms with van der Waals surface area (Å²) in [5.74, 6) is -1.39. The van der Waals surface area contributed by atoms with E-state index in [2.05, 4.69) is 39.8 Å². The van der Waals surface area contributed by atoms with Crippen LogP contribution in [0.4, 0.5) is 11.4 Å². The average molecular weight is 445 g/mol. The number of nitrogens with one attached hydrogen (secondary N) is 2. The summed E-state index contributed by atoms with van der Waals surface area (Å²) in [7, 11) is 3.99. The summed E-state index contributed by atoms with van der Waals surface area (Å²) in [6, 6.07) is 13.4. The highest BCUT2D eigenvalue weighted by atomic mass is 35.5.